The molecule has 0 N–H and O–H groups in total. The maximum absolute atomic E-state index is 12.5. The molecular formula is C16H17Cl2N3O3. The molecule has 0 aromatic heterocycles. The maximum Gasteiger partial charge on any atom is 0.247 e. The van der Waals surface area contributed by atoms with Gasteiger partial charge in [-0.3, -0.25) is 14.4 Å². The summed E-state index contributed by atoms with van der Waals surface area (Å²) in [7, 11) is 1.61. The SMILES string of the molecule is CN1CC(=O)N2CCN(C(=O)Cc3ccc(Cl)c(Cl)c3)C[C@H]2C1=O. The molecule has 1 atom stereocenters. The quantitative estimate of drug-likeness (QED) is 0.782. The normalized spacial score (nSPS) is 21.1. The number of hydrogen-bond donors (Lipinski definition) is 0. The monoisotopic (exact) mass is 369 g/mol. The number of carbonyl (C=O) groups is 3. The molecule has 2 aliphatic rings. The minimum atomic E-state index is -0.581. The summed E-state index contributed by atoms with van der Waals surface area (Å²) in [5.74, 6) is -0.290. The van der Waals surface area contributed by atoms with Crippen LogP contribution in [0.4, 0.5) is 0 Å². The summed E-state index contributed by atoms with van der Waals surface area (Å²) >= 11 is 11.9. The van der Waals surface area contributed by atoms with E-state index in [0.717, 1.165) is 5.56 Å². The Hall–Kier alpha value is -1.79. The second kappa shape index (κ2) is 6.61. The predicted molar refractivity (Wildman–Crippen MR) is 89.9 cm³/mol. The molecule has 24 heavy (non-hydrogen) atoms. The lowest BCUT2D eigenvalue weighted by molar-refractivity contribution is -0.160. The van der Waals surface area contributed by atoms with Crippen molar-refractivity contribution in [1.29, 1.82) is 0 Å². The topological polar surface area (TPSA) is 60.9 Å². The lowest BCUT2D eigenvalue weighted by Crippen LogP contribution is -2.66. The number of piperazine rings is 2. The maximum atomic E-state index is 12.5. The van der Waals surface area contributed by atoms with E-state index >= 15 is 0 Å². The minimum Gasteiger partial charge on any atom is -0.338 e. The second-order valence-electron chi connectivity index (χ2n) is 6.06. The van der Waals surface area contributed by atoms with Crippen molar-refractivity contribution in [1.82, 2.24) is 14.7 Å². The highest BCUT2D eigenvalue weighted by Gasteiger charge is 2.42. The van der Waals surface area contributed by atoms with E-state index in [9.17, 15) is 14.4 Å². The number of benzene rings is 1. The zero-order valence-corrected chi connectivity index (χ0v) is 14.7. The summed E-state index contributed by atoms with van der Waals surface area (Å²) in [5, 5.41) is 0.845. The predicted octanol–water partition coefficient (Wildman–Crippen LogP) is 1.05. The molecule has 2 aliphatic heterocycles. The van der Waals surface area contributed by atoms with E-state index in [1.807, 2.05) is 0 Å². The van der Waals surface area contributed by atoms with Crippen molar-refractivity contribution in [2.45, 2.75) is 12.5 Å². The van der Waals surface area contributed by atoms with Gasteiger partial charge in [-0.1, -0.05) is 29.3 Å². The van der Waals surface area contributed by atoms with Crippen molar-refractivity contribution < 1.29 is 14.4 Å². The smallest absolute Gasteiger partial charge is 0.247 e. The van der Waals surface area contributed by atoms with Gasteiger partial charge in [0.05, 0.1) is 29.6 Å². The van der Waals surface area contributed by atoms with Crippen LogP contribution in [0.15, 0.2) is 18.2 Å². The van der Waals surface area contributed by atoms with E-state index in [2.05, 4.69) is 0 Å². The van der Waals surface area contributed by atoms with Gasteiger partial charge in [-0.05, 0) is 17.7 Å². The number of nitrogens with zero attached hydrogens (tertiary/aromatic N) is 3. The summed E-state index contributed by atoms with van der Waals surface area (Å²) in [4.78, 5) is 41.4. The number of carbonyl (C=O) groups excluding carboxylic acids is 3. The molecular weight excluding hydrogens is 353 g/mol. The number of hydrogen-bond acceptors (Lipinski definition) is 3. The Morgan fingerprint density at radius 1 is 1.21 bits per heavy atom. The van der Waals surface area contributed by atoms with Gasteiger partial charge in [-0.25, -0.2) is 0 Å². The summed E-state index contributed by atoms with van der Waals surface area (Å²) in [6.07, 6.45) is 0.182. The van der Waals surface area contributed by atoms with Gasteiger partial charge in [0.25, 0.3) is 0 Å². The van der Waals surface area contributed by atoms with E-state index < -0.39 is 6.04 Å². The Labute approximate surface area is 149 Å². The van der Waals surface area contributed by atoms with Crippen molar-refractivity contribution in [2.75, 3.05) is 33.2 Å². The van der Waals surface area contributed by atoms with Gasteiger partial charge in [0.1, 0.15) is 6.04 Å². The summed E-state index contributed by atoms with van der Waals surface area (Å²) < 4.78 is 0. The third kappa shape index (κ3) is 3.21. The van der Waals surface area contributed by atoms with E-state index in [1.165, 1.54) is 4.90 Å². The van der Waals surface area contributed by atoms with Gasteiger partial charge in [0.15, 0.2) is 0 Å². The number of likely N-dealkylation sites (N-methyl/N-ethyl adjacent to an activating group) is 1. The minimum absolute atomic E-state index is 0.0707. The van der Waals surface area contributed by atoms with Gasteiger partial charge in [-0.2, -0.15) is 0 Å². The zero-order chi connectivity index (χ0) is 17.4. The van der Waals surface area contributed by atoms with Crippen molar-refractivity contribution in [2.24, 2.45) is 0 Å². The molecule has 0 radical (unpaired) electrons. The zero-order valence-electron chi connectivity index (χ0n) is 13.2. The van der Waals surface area contributed by atoms with Gasteiger partial charge in [-0.15, -0.1) is 0 Å². The molecule has 3 rings (SSSR count). The molecule has 6 nitrogen and oxygen atoms in total. The summed E-state index contributed by atoms with van der Waals surface area (Å²) in [6.45, 7) is 1.15. The fourth-order valence-electron chi connectivity index (χ4n) is 3.08. The molecule has 2 saturated heterocycles. The van der Waals surface area contributed by atoms with Crippen LogP contribution in [-0.2, 0) is 20.8 Å². The van der Waals surface area contributed by atoms with E-state index in [4.69, 9.17) is 23.2 Å². The summed E-state index contributed by atoms with van der Waals surface area (Å²) in [6, 6.07) is 4.50. The fraction of sp³-hybridized carbons (Fsp3) is 0.438. The first-order chi connectivity index (χ1) is 11.4. The molecule has 1 aromatic carbocycles. The molecule has 128 valence electrons. The first-order valence-corrected chi connectivity index (χ1v) is 8.38. The van der Waals surface area contributed by atoms with Crippen molar-refractivity contribution >= 4 is 40.9 Å². The number of fused-ring (bicyclic) bond motifs is 1. The van der Waals surface area contributed by atoms with Gasteiger partial charge < -0.3 is 14.7 Å². The Kier molecular flexibility index (Phi) is 4.69. The highest BCUT2D eigenvalue weighted by atomic mass is 35.5. The lowest BCUT2D eigenvalue weighted by atomic mass is 10.1. The van der Waals surface area contributed by atoms with Gasteiger partial charge >= 0.3 is 0 Å². The third-order valence-corrected chi connectivity index (χ3v) is 5.17. The van der Waals surface area contributed by atoms with Crippen LogP contribution in [0.25, 0.3) is 0 Å². The van der Waals surface area contributed by atoms with E-state index in [-0.39, 0.29) is 37.2 Å². The van der Waals surface area contributed by atoms with Crippen LogP contribution in [0.5, 0.6) is 0 Å². The van der Waals surface area contributed by atoms with Crippen LogP contribution < -0.4 is 0 Å². The Balaban J connectivity index is 1.69. The van der Waals surface area contributed by atoms with Crippen LogP contribution in [0.2, 0.25) is 10.0 Å². The Morgan fingerprint density at radius 2 is 1.96 bits per heavy atom. The fourth-order valence-corrected chi connectivity index (χ4v) is 3.40. The number of amides is 3. The van der Waals surface area contributed by atoms with E-state index in [0.29, 0.717) is 23.1 Å². The highest BCUT2D eigenvalue weighted by Crippen LogP contribution is 2.23. The molecule has 8 heteroatoms. The molecule has 3 amide bonds. The van der Waals surface area contributed by atoms with Crippen molar-refractivity contribution in [3.05, 3.63) is 33.8 Å². The molecule has 0 bridgehead atoms. The number of halogens is 2. The Morgan fingerprint density at radius 3 is 2.67 bits per heavy atom. The number of rotatable bonds is 2. The van der Waals surface area contributed by atoms with E-state index in [1.54, 1.807) is 35.0 Å². The summed E-state index contributed by atoms with van der Waals surface area (Å²) in [5.41, 5.74) is 0.764. The molecule has 0 unspecified atom stereocenters. The standard InChI is InChI=1S/C16H17Cl2N3O3/c1-19-9-15(23)21-5-4-20(8-13(21)16(19)24)14(22)7-10-2-3-11(17)12(18)6-10/h2-3,6,13H,4-5,7-9H2,1H3/t13-/m0/s1. The van der Waals surface area contributed by atoms with Crippen molar-refractivity contribution in [3.63, 3.8) is 0 Å². The second-order valence-corrected chi connectivity index (χ2v) is 6.88. The average molecular weight is 370 g/mol. The molecule has 2 fully saturated rings. The lowest BCUT2D eigenvalue weighted by Gasteiger charge is -2.45. The third-order valence-electron chi connectivity index (χ3n) is 4.43. The van der Waals surface area contributed by atoms with Crippen LogP contribution in [0, 0.1) is 0 Å². The van der Waals surface area contributed by atoms with Crippen LogP contribution in [-0.4, -0.2) is 71.7 Å². The largest absolute Gasteiger partial charge is 0.338 e. The highest BCUT2D eigenvalue weighted by molar-refractivity contribution is 6.42. The Bertz CT molecular complexity index is 710. The van der Waals surface area contributed by atoms with Gasteiger partial charge in [0.2, 0.25) is 17.7 Å². The molecule has 0 aliphatic carbocycles. The van der Waals surface area contributed by atoms with Crippen molar-refractivity contribution in [3.8, 4) is 0 Å². The molecule has 0 spiro atoms. The van der Waals surface area contributed by atoms with Crippen LogP contribution in [0.1, 0.15) is 5.56 Å². The molecule has 1 aromatic rings. The van der Waals surface area contributed by atoms with Crippen LogP contribution >= 0.6 is 23.2 Å². The first kappa shape index (κ1) is 17.0. The average Bonchev–Trinajstić information content (AvgIpc) is 2.55. The molecule has 2 heterocycles. The van der Waals surface area contributed by atoms with Crippen LogP contribution in [0.3, 0.4) is 0 Å². The molecule has 0 saturated carbocycles. The first-order valence-electron chi connectivity index (χ1n) is 7.63. The van der Waals surface area contributed by atoms with Gasteiger partial charge in [0, 0.05) is 20.1 Å².